The SMILES string of the molecule is CCNC(Cc1ccccc1C)C1CN(CC)CCO1. The molecule has 3 heteroatoms. The predicted molar refractivity (Wildman–Crippen MR) is 84.2 cm³/mol. The van der Waals surface area contributed by atoms with Gasteiger partial charge in [0, 0.05) is 19.1 Å². The number of hydrogen-bond donors (Lipinski definition) is 1. The quantitative estimate of drug-likeness (QED) is 0.862. The topological polar surface area (TPSA) is 24.5 Å². The van der Waals surface area contributed by atoms with E-state index >= 15 is 0 Å². The molecule has 2 atom stereocenters. The number of hydrogen-bond acceptors (Lipinski definition) is 3. The maximum Gasteiger partial charge on any atom is 0.0858 e. The molecule has 1 aromatic carbocycles. The highest BCUT2D eigenvalue weighted by molar-refractivity contribution is 5.26. The van der Waals surface area contributed by atoms with Crippen LogP contribution >= 0.6 is 0 Å². The molecule has 1 N–H and O–H groups in total. The summed E-state index contributed by atoms with van der Waals surface area (Å²) in [5.41, 5.74) is 2.80. The van der Waals surface area contributed by atoms with Crippen LogP contribution in [0.3, 0.4) is 0 Å². The molecule has 0 amide bonds. The Morgan fingerprint density at radius 3 is 2.85 bits per heavy atom. The van der Waals surface area contributed by atoms with Crippen LogP contribution in [0.5, 0.6) is 0 Å². The summed E-state index contributed by atoms with van der Waals surface area (Å²) in [6, 6.07) is 9.07. The van der Waals surface area contributed by atoms with Gasteiger partial charge in [-0.15, -0.1) is 0 Å². The Kier molecular flexibility index (Phi) is 6.02. The lowest BCUT2D eigenvalue weighted by atomic mass is 9.97. The minimum Gasteiger partial charge on any atom is -0.374 e. The number of ether oxygens (including phenoxy) is 1. The van der Waals surface area contributed by atoms with Crippen molar-refractivity contribution in [3.63, 3.8) is 0 Å². The Labute approximate surface area is 123 Å². The summed E-state index contributed by atoms with van der Waals surface area (Å²) in [6.45, 7) is 11.7. The summed E-state index contributed by atoms with van der Waals surface area (Å²) in [6.07, 6.45) is 1.34. The Hall–Kier alpha value is -0.900. The van der Waals surface area contributed by atoms with Crippen molar-refractivity contribution < 1.29 is 4.74 Å². The van der Waals surface area contributed by atoms with E-state index in [4.69, 9.17) is 4.74 Å². The highest BCUT2D eigenvalue weighted by Crippen LogP contribution is 2.16. The second-order valence-electron chi connectivity index (χ2n) is 5.60. The van der Waals surface area contributed by atoms with Gasteiger partial charge in [0.05, 0.1) is 12.7 Å². The van der Waals surface area contributed by atoms with Gasteiger partial charge >= 0.3 is 0 Å². The minimum atomic E-state index is 0.295. The molecule has 0 bridgehead atoms. The van der Waals surface area contributed by atoms with Crippen molar-refractivity contribution >= 4 is 0 Å². The Morgan fingerprint density at radius 1 is 1.35 bits per heavy atom. The predicted octanol–water partition coefficient (Wildman–Crippen LogP) is 2.24. The molecular weight excluding hydrogens is 248 g/mol. The number of benzene rings is 1. The molecule has 0 aromatic heterocycles. The summed E-state index contributed by atoms with van der Waals surface area (Å²) < 4.78 is 6.03. The average Bonchev–Trinajstić information content (AvgIpc) is 2.49. The van der Waals surface area contributed by atoms with E-state index in [-0.39, 0.29) is 0 Å². The zero-order chi connectivity index (χ0) is 14.4. The third kappa shape index (κ3) is 4.05. The fraction of sp³-hybridized carbons (Fsp3) is 0.647. The molecule has 1 aromatic rings. The third-order valence-electron chi connectivity index (χ3n) is 4.24. The first kappa shape index (κ1) is 15.5. The van der Waals surface area contributed by atoms with Gasteiger partial charge < -0.3 is 10.1 Å². The first-order chi connectivity index (χ1) is 9.74. The molecule has 2 rings (SSSR count). The molecule has 0 spiro atoms. The number of rotatable bonds is 6. The second-order valence-corrected chi connectivity index (χ2v) is 5.60. The van der Waals surface area contributed by atoms with Gasteiger partial charge in [0.1, 0.15) is 0 Å². The number of morpholine rings is 1. The van der Waals surface area contributed by atoms with Gasteiger partial charge in [-0.1, -0.05) is 38.1 Å². The van der Waals surface area contributed by atoms with Gasteiger partial charge in [0.25, 0.3) is 0 Å². The summed E-state index contributed by atoms with van der Waals surface area (Å²) in [4.78, 5) is 2.48. The Bertz CT molecular complexity index is 408. The number of nitrogens with one attached hydrogen (secondary N) is 1. The molecule has 1 heterocycles. The van der Waals surface area contributed by atoms with Crippen molar-refractivity contribution in [2.45, 2.75) is 39.3 Å². The van der Waals surface area contributed by atoms with E-state index in [1.807, 2.05) is 0 Å². The lowest BCUT2D eigenvalue weighted by molar-refractivity contribution is -0.0445. The van der Waals surface area contributed by atoms with E-state index in [0.29, 0.717) is 12.1 Å². The van der Waals surface area contributed by atoms with Crippen LogP contribution in [-0.2, 0) is 11.2 Å². The molecule has 1 fully saturated rings. The number of nitrogens with zero attached hydrogens (tertiary/aromatic N) is 1. The number of aryl methyl sites for hydroxylation is 1. The van der Waals surface area contributed by atoms with E-state index in [2.05, 4.69) is 55.3 Å². The zero-order valence-corrected chi connectivity index (χ0v) is 13.1. The molecule has 0 saturated carbocycles. The largest absolute Gasteiger partial charge is 0.374 e. The Morgan fingerprint density at radius 2 is 2.15 bits per heavy atom. The van der Waals surface area contributed by atoms with Gasteiger partial charge in [-0.05, 0) is 37.6 Å². The number of likely N-dealkylation sites (N-methyl/N-ethyl adjacent to an activating group) is 2. The molecule has 0 radical (unpaired) electrons. The molecule has 1 aliphatic rings. The molecule has 3 nitrogen and oxygen atoms in total. The summed E-state index contributed by atoms with van der Waals surface area (Å²) >= 11 is 0. The average molecular weight is 276 g/mol. The normalized spacial score (nSPS) is 21.9. The van der Waals surface area contributed by atoms with E-state index in [9.17, 15) is 0 Å². The fourth-order valence-electron chi connectivity index (χ4n) is 2.94. The lowest BCUT2D eigenvalue weighted by Gasteiger charge is -2.37. The molecular formula is C17H28N2O. The van der Waals surface area contributed by atoms with Crippen molar-refractivity contribution in [2.75, 3.05) is 32.8 Å². The molecule has 2 unspecified atom stereocenters. The summed E-state index contributed by atoms with van der Waals surface area (Å²) in [5.74, 6) is 0. The molecule has 1 saturated heterocycles. The summed E-state index contributed by atoms with van der Waals surface area (Å²) in [7, 11) is 0. The van der Waals surface area contributed by atoms with E-state index in [1.54, 1.807) is 0 Å². The van der Waals surface area contributed by atoms with Gasteiger partial charge in [-0.2, -0.15) is 0 Å². The molecule has 20 heavy (non-hydrogen) atoms. The fourth-order valence-corrected chi connectivity index (χ4v) is 2.94. The van der Waals surface area contributed by atoms with Crippen LogP contribution < -0.4 is 5.32 Å². The zero-order valence-electron chi connectivity index (χ0n) is 13.1. The van der Waals surface area contributed by atoms with E-state index in [1.165, 1.54) is 11.1 Å². The highest BCUT2D eigenvalue weighted by Gasteiger charge is 2.27. The van der Waals surface area contributed by atoms with Crippen LogP contribution in [0.2, 0.25) is 0 Å². The minimum absolute atomic E-state index is 0.295. The van der Waals surface area contributed by atoms with E-state index in [0.717, 1.165) is 39.2 Å². The van der Waals surface area contributed by atoms with Crippen LogP contribution in [0.1, 0.15) is 25.0 Å². The maximum absolute atomic E-state index is 6.03. The molecule has 0 aliphatic carbocycles. The van der Waals surface area contributed by atoms with Gasteiger partial charge in [0.2, 0.25) is 0 Å². The van der Waals surface area contributed by atoms with Gasteiger partial charge in [-0.3, -0.25) is 4.90 Å². The monoisotopic (exact) mass is 276 g/mol. The highest BCUT2D eigenvalue weighted by atomic mass is 16.5. The van der Waals surface area contributed by atoms with Crippen molar-refractivity contribution in [1.82, 2.24) is 10.2 Å². The lowest BCUT2D eigenvalue weighted by Crippen LogP contribution is -2.53. The van der Waals surface area contributed by atoms with Crippen LogP contribution in [0.15, 0.2) is 24.3 Å². The first-order valence-electron chi connectivity index (χ1n) is 7.86. The van der Waals surface area contributed by atoms with Crippen molar-refractivity contribution in [1.29, 1.82) is 0 Å². The van der Waals surface area contributed by atoms with Gasteiger partial charge in [-0.25, -0.2) is 0 Å². The maximum atomic E-state index is 6.03. The van der Waals surface area contributed by atoms with Crippen molar-refractivity contribution in [3.8, 4) is 0 Å². The van der Waals surface area contributed by atoms with E-state index < -0.39 is 0 Å². The summed E-state index contributed by atoms with van der Waals surface area (Å²) in [5, 5.41) is 3.62. The van der Waals surface area contributed by atoms with Crippen molar-refractivity contribution in [2.24, 2.45) is 0 Å². The smallest absolute Gasteiger partial charge is 0.0858 e. The Balaban J connectivity index is 2.04. The van der Waals surface area contributed by atoms with Crippen LogP contribution in [0.4, 0.5) is 0 Å². The third-order valence-corrected chi connectivity index (χ3v) is 4.24. The van der Waals surface area contributed by atoms with Crippen LogP contribution in [0.25, 0.3) is 0 Å². The standard InChI is InChI=1S/C17H28N2O/c1-4-18-16(12-15-9-7-6-8-14(15)3)17-13-19(5-2)10-11-20-17/h6-9,16-18H,4-5,10-13H2,1-3H3. The van der Waals surface area contributed by atoms with Crippen LogP contribution in [0, 0.1) is 6.92 Å². The first-order valence-corrected chi connectivity index (χ1v) is 7.86. The molecule has 112 valence electrons. The van der Waals surface area contributed by atoms with Crippen molar-refractivity contribution in [3.05, 3.63) is 35.4 Å². The second kappa shape index (κ2) is 7.77. The van der Waals surface area contributed by atoms with Crippen LogP contribution in [-0.4, -0.2) is 49.8 Å². The van der Waals surface area contributed by atoms with Gasteiger partial charge in [0.15, 0.2) is 0 Å². The molecule has 1 aliphatic heterocycles.